The van der Waals surface area contributed by atoms with E-state index in [1.807, 2.05) is 37.7 Å². The number of hydrogen-bond donors (Lipinski definition) is 2. The van der Waals surface area contributed by atoms with Gasteiger partial charge in [-0.2, -0.15) is 11.8 Å². The number of nitrogen functional groups attached to an aromatic ring is 1. The molecule has 3 N–H and O–H groups in total. The molecule has 4 heteroatoms. The van der Waals surface area contributed by atoms with Gasteiger partial charge in [0.1, 0.15) is 0 Å². The van der Waals surface area contributed by atoms with Crippen molar-refractivity contribution < 1.29 is 4.79 Å². The van der Waals surface area contributed by atoms with Crippen LogP contribution in [0.15, 0.2) is 12.1 Å². The molecule has 1 saturated heterocycles. The molecule has 1 aromatic carbocycles. The summed E-state index contributed by atoms with van der Waals surface area (Å²) in [6.45, 7) is 3.92. The third kappa shape index (κ3) is 2.75. The molecular formula is C13H18N2OS. The number of amides is 1. The minimum atomic E-state index is 0.141. The van der Waals surface area contributed by atoms with E-state index >= 15 is 0 Å². The lowest BCUT2D eigenvalue weighted by atomic mass is 10.1. The lowest BCUT2D eigenvalue weighted by molar-refractivity contribution is -0.119. The van der Waals surface area contributed by atoms with Gasteiger partial charge < -0.3 is 11.1 Å². The molecule has 92 valence electrons. The number of carbonyl (C=O) groups is 1. The fourth-order valence-corrected chi connectivity index (χ4v) is 3.17. The first-order valence-corrected chi connectivity index (χ1v) is 6.98. The van der Waals surface area contributed by atoms with Crippen LogP contribution in [0.3, 0.4) is 0 Å². The van der Waals surface area contributed by atoms with Crippen LogP contribution >= 0.6 is 11.8 Å². The van der Waals surface area contributed by atoms with Gasteiger partial charge in [0.25, 0.3) is 0 Å². The van der Waals surface area contributed by atoms with Gasteiger partial charge in [0.05, 0.1) is 0 Å². The molecule has 1 heterocycles. The van der Waals surface area contributed by atoms with Gasteiger partial charge in [0, 0.05) is 23.0 Å². The summed E-state index contributed by atoms with van der Waals surface area (Å²) in [4.78, 5) is 12.0. The summed E-state index contributed by atoms with van der Waals surface area (Å²) in [6, 6.07) is 3.86. The number of thioether (sulfide) groups is 1. The van der Waals surface area contributed by atoms with E-state index in [1.54, 1.807) is 0 Å². The SMILES string of the molecule is Cc1cc(NC(=O)C2CCSC2)c(C)cc1N. The van der Waals surface area contributed by atoms with Crippen LogP contribution in [0.1, 0.15) is 17.5 Å². The van der Waals surface area contributed by atoms with E-state index in [2.05, 4.69) is 5.32 Å². The average molecular weight is 250 g/mol. The summed E-state index contributed by atoms with van der Waals surface area (Å²) in [5, 5.41) is 3.01. The van der Waals surface area contributed by atoms with Gasteiger partial charge in [-0.15, -0.1) is 0 Å². The number of hydrogen-bond acceptors (Lipinski definition) is 3. The molecule has 0 aliphatic carbocycles. The number of nitrogens with two attached hydrogens (primary N) is 1. The summed E-state index contributed by atoms with van der Waals surface area (Å²) in [7, 11) is 0. The highest BCUT2D eigenvalue weighted by atomic mass is 32.2. The van der Waals surface area contributed by atoms with Crippen LogP contribution in [0, 0.1) is 19.8 Å². The number of rotatable bonds is 2. The minimum absolute atomic E-state index is 0.141. The molecule has 1 fully saturated rings. The van der Waals surface area contributed by atoms with Crippen LogP contribution in [0.2, 0.25) is 0 Å². The van der Waals surface area contributed by atoms with Crippen molar-refractivity contribution >= 4 is 29.0 Å². The maximum absolute atomic E-state index is 12.0. The molecule has 1 aliphatic rings. The first kappa shape index (κ1) is 12.3. The van der Waals surface area contributed by atoms with Gasteiger partial charge in [-0.1, -0.05) is 0 Å². The van der Waals surface area contributed by atoms with Crippen molar-refractivity contribution in [2.24, 2.45) is 5.92 Å². The van der Waals surface area contributed by atoms with Crippen molar-refractivity contribution in [2.45, 2.75) is 20.3 Å². The average Bonchev–Trinajstić information content (AvgIpc) is 2.79. The Morgan fingerprint density at radius 1 is 1.41 bits per heavy atom. The summed E-state index contributed by atoms with van der Waals surface area (Å²) < 4.78 is 0. The van der Waals surface area contributed by atoms with Crippen LogP contribution in [-0.2, 0) is 4.79 Å². The molecule has 1 aliphatic heterocycles. The Morgan fingerprint density at radius 3 is 2.82 bits per heavy atom. The Labute approximate surface area is 106 Å². The zero-order chi connectivity index (χ0) is 12.4. The zero-order valence-electron chi connectivity index (χ0n) is 10.2. The molecule has 2 rings (SSSR count). The van der Waals surface area contributed by atoms with Crippen LogP contribution in [0.25, 0.3) is 0 Å². The van der Waals surface area contributed by atoms with E-state index in [1.165, 1.54) is 0 Å². The molecule has 1 atom stereocenters. The van der Waals surface area contributed by atoms with Crippen molar-refractivity contribution in [3.8, 4) is 0 Å². The minimum Gasteiger partial charge on any atom is -0.399 e. The van der Waals surface area contributed by atoms with Gasteiger partial charge in [-0.25, -0.2) is 0 Å². The molecule has 1 unspecified atom stereocenters. The maximum Gasteiger partial charge on any atom is 0.228 e. The second-order valence-corrected chi connectivity index (χ2v) is 5.72. The fraction of sp³-hybridized carbons (Fsp3) is 0.462. The number of carbonyl (C=O) groups excluding carboxylic acids is 1. The quantitative estimate of drug-likeness (QED) is 0.793. The number of benzene rings is 1. The van der Waals surface area contributed by atoms with Crippen molar-refractivity contribution in [2.75, 3.05) is 22.6 Å². The molecule has 0 bridgehead atoms. The largest absolute Gasteiger partial charge is 0.399 e. The van der Waals surface area contributed by atoms with Gasteiger partial charge in [0.15, 0.2) is 0 Å². The summed E-state index contributed by atoms with van der Waals surface area (Å²) in [5.41, 5.74) is 9.52. The Balaban J connectivity index is 2.12. The van der Waals surface area contributed by atoms with Crippen LogP contribution in [0.5, 0.6) is 0 Å². The normalized spacial score (nSPS) is 19.3. The Bertz CT molecular complexity index is 439. The van der Waals surface area contributed by atoms with E-state index in [0.717, 1.165) is 40.4 Å². The second kappa shape index (κ2) is 5.00. The number of nitrogens with one attached hydrogen (secondary N) is 1. The van der Waals surface area contributed by atoms with Crippen molar-refractivity contribution in [3.05, 3.63) is 23.3 Å². The van der Waals surface area contributed by atoms with E-state index in [4.69, 9.17) is 5.73 Å². The van der Waals surface area contributed by atoms with Crippen molar-refractivity contribution in [1.29, 1.82) is 0 Å². The van der Waals surface area contributed by atoms with Crippen molar-refractivity contribution in [3.63, 3.8) is 0 Å². The smallest absolute Gasteiger partial charge is 0.228 e. The topological polar surface area (TPSA) is 55.1 Å². The maximum atomic E-state index is 12.0. The molecule has 1 amide bonds. The van der Waals surface area contributed by atoms with Crippen LogP contribution in [0.4, 0.5) is 11.4 Å². The Kier molecular flexibility index (Phi) is 3.62. The van der Waals surface area contributed by atoms with Crippen LogP contribution < -0.4 is 11.1 Å². The zero-order valence-corrected chi connectivity index (χ0v) is 11.1. The summed E-state index contributed by atoms with van der Waals surface area (Å²) in [5.74, 6) is 2.34. The van der Waals surface area contributed by atoms with Gasteiger partial charge >= 0.3 is 0 Å². The third-order valence-corrected chi connectivity index (χ3v) is 4.33. The Morgan fingerprint density at radius 2 is 2.18 bits per heavy atom. The van der Waals surface area contributed by atoms with Crippen molar-refractivity contribution in [1.82, 2.24) is 0 Å². The Hall–Kier alpha value is -1.16. The lowest BCUT2D eigenvalue weighted by Crippen LogP contribution is -2.22. The first-order valence-electron chi connectivity index (χ1n) is 5.83. The highest BCUT2D eigenvalue weighted by Gasteiger charge is 2.23. The molecule has 0 aromatic heterocycles. The highest BCUT2D eigenvalue weighted by molar-refractivity contribution is 7.99. The first-order chi connectivity index (χ1) is 8.08. The molecule has 3 nitrogen and oxygen atoms in total. The number of aryl methyl sites for hydroxylation is 2. The lowest BCUT2D eigenvalue weighted by Gasteiger charge is -2.13. The summed E-state index contributed by atoms with van der Waals surface area (Å²) in [6.07, 6.45) is 0.990. The molecule has 0 saturated carbocycles. The van der Waals surface area contributed by atoms with Gasteiger partial charge in [-0.3, -0.25) is 4.79 Å². The molecule has 1 aromatic rings. The molecular weight excluding hydrogens is 232 g/mol. The number of anilines is 2. The van der Waals surface area contributed by atoms with E-state index in [-0.39, 0.29) is 11.8 Å². The van der Waals surface area contributed by atoms with Crippen LogP contribution in [-0.4, -0.2) is 17.4 Å². The third-order valence-electron chi connectivity index (χ3n) is 3.17. The molecule has 0 radical (unpaired) electrons. The highest BCUT2D eigenvalue weighted by Crippen LogP contribution is 2.27. The van der Waals surface area contributed by atoms with E-state index in [9.17, 15) is 4.79 Å². The second-order valence-electron chi connectivity index (χ2n) is 4.57. The monoisotopic (exact) mass is 250 g/mol. The molecule has 0 spiro atoms. The molecule has 17 heavy (non-hydrogen) atoms. The predicted octanol–water partition coefficient (Wildman–Crippen LogP) is 2.58. The fourth-order valence-electron chi connectivity index (χ4n) is 1.95. The summed E-state index contributed by atoms with van der Waals surface area (Å²) >= 11 is 1.85. The van der Waals surface area contributed by atoms with Gasteiger partial charge in [0.2, 0.25) is 5.91 Å². The van der Waals surface area contributed by atoms with E-state index < -0.39 is 0 Å². The van der Waals surface area contributed by atoms with Gasteiger partial charge in [-0.05, 0) is 49.3 Å². The standard InChI is InChI=1S/C13H18N2OS/c1-8-6-12(9(2)5-11(8)14)15-13(16)10-3-4-17-7-10/h5-6,10H,3-4,7,14H2,1-2H3,(H,15,16). The predicted molar refractivity (Wildman–Crippen MR) is 74.4 cm³/mol. The van der Waals surface area contributed by atoms with E-state index in [0.29, 0.717) is 0 Å².